The lowest BCUT2D eigenvalue weighted by Gasteiger charge is -2.42. The van der Waals surface area contributed by atoms with Gasteiger partial charge in [-0.3, -0.25) is 4.79 Å². The molecule has 5 aliphatic rings. The molecule has 1 aromatic carbocycles. The Hall–Kier alpha value is -3.73. The minimum atomic E-state index is -0.0458. The standard InChI is InChI=1S/C34H35N3O2/c38-27-12-13-28-26(19-27)11-14-29-32(28)35-30(21-34-15-3-5-22(20-34)6-4-16-34)33(36-29)37-31(39)18-23-9-10-24-7-1-2-8-25(24)17-23/h1-3,5,8-10,12-13,17,19,22,24,38H,4,6-7,11,14-16,18,20-21H2,(H,36,37,39). The molecule has 198 valence electrons. The molecular formula is C34H35N3O2. The van der Waals surface area contributed by atoms with Crippen molar-refractivity contribution >= 4 is 11.7 Å². The Labute approximate surface area is 230 Å². The molecule has 5 nitrogen and oxygen atoms in total. The molecule has 3 unspecified atom stereocenters. The van der Waals surface area contributed by atoms with E-state index in [9.17, 15) is 9.90 Å². The molecule has 1 saturated carbocycles. The Morgan fingerprint density at radius 2 is 2.10 bits per heavy atom. The Balaban J connectivity index is 1.21. The van der Waals surface area contributed by atoms with E-state index in [1.165, 1.54) is 31.3 Å². The van der Waals surface area contributed by atoms with Crippen LogP contribution in [0.15, 0.2) is 78.0 Å². The molecule has 39 heavy (non-hydrogen) atoms. The van der Waals surface area contributed by atoms with Crippen LogP contribution >= 0.6 is 0 Å². The largest absolute Gasteiger partial charge is 0.508 e. The molecule has 5 heteroatoms. The molecule has 1 amide bonds. The van der Waals surface area contributed by atoms with Crippen molar-refractivity contribution in [2.75, 3.05) is 5.32 Å². The predicted octanol–water partition coefficient (Wildman–Crippen LogP) is 6.95. The van der Waals surface area contributed by atoms with E-state index in [0.29, 0.717) is 24.1 Å². The Bertz CT molecular complexity index is 1490. The highest BCUT2D eigenvalue weighted by Gasteiger charge is 2.38. The van der Waals surface area contributed by atoms with E-state index in [-0.39, 0.29) is 17.1 Å². The number of anilines is 1. The fourth-order valence-corrected chi connectivity index (χ4v) is 7.32. The molecule has 0 aliphatic heterocycles. The fraction of sp³-hybridized carbons (Fsp3) is 0.382. The highest BCUT2D eigenvalue weighted by Crippen LogP contribution is 2.49. The first-order valence-corrected chi connectivity index (χ1v) is 14.5. The maximum Gasteiger partial charge on any atom is 0.229 e. The van der Waals surface area contributed by atoms with Gasteiger partial charge in [0.15, 0.2) is 5.82 Å². The lowest BCUT2D eigenvalue weighted by molar-refractivity contribution is -0.115. The van der Waals surface area contributed by atoms with Gasteiger partial charge in [0.1, 0.15) is 5.75 Å². The molecule has 7 rings (SSSR count). The smallest absolute Gasteiger partial charge is 0.229 e. The summed E-state index contributed by atoms with van der Waals surface area (Å²) < 4.78 is 0. The molecule has 2 aromatic rings. The first-order chi connectivity index (χ1) is 19.0. The van der Waals surface area contributed by atoms with Crippen LogP contribution in [0.3, 0.4) is 0 Å². The van der Waals surface area contributed by atoms with Gasteiger partial charge in [-0.1, -0.05) is 55.0 Å². The Morgan fingerprint density at radius 3 is 3.05 bits per heavy atom. The Morgan fingerprint density at radius 1 is 1.15 bits per heavy atom. The molecule has 1 fully saturated rings. The van der Waals surface area contributed by atoms with Crippen LogP contribution in [0.25, 0.3) is 11.3 Å². The van der Waals surface area contributed by atoms with Gasteiger partial charge >= 0.3 is 0 Å². The summed E-state index contributed by atoms with van der Waals surface area (Å²) in [5.74, 6) is 1.94. The number of hydrogen-bond acceptors (Lipinski definition) is 4. The average molecular weight is 518 g/mol. The summed E-state index contributed by atoms with van der Waals surface area (Å²) in [6.45, 7) is 0. The monoisotopic (exact) mass is 517 g/mol. The SMILES string of the molecule is O=C(CC1=CC2=CC=CCC2C=C1)Nc1nc2c(nc1CC13CC=CC(CCC1)C3)-c1ccc(O)cc1CC2. The van der Waals surface area contributed by atoms with Crippen molar-refractivity contribution in [3.63, 3.8) is 0 Å². The van der Waals surface area contributed by atoms with Crippen molar-refractivity contribution in [1.29, 1.82) is 0 Å². The number of allylic oxidation sites excluding steroid dienone is 9. The minimum Gasteiger partial charge on any atom is -0.508 e. The van der Waals surface area contributed by atoms with Gasteiger partial charge in [0.25, 0.3) is 0 Å². The third kappa shape index (κ3) is 4.80. The molecule has 1 aromatic heterocycles. The minimum absolute atomic E-state index is 0.0458. The van der Waals surface area contributed by atoms with Crippen molar-refractivity contribution in [3.05, 3.63) is 94.9 Å². The molecule has 1 heterocycles. The van der Waals surface area contributed by atoms with E-state index >= 15 is 0 Å². The number of phenolic OH excluding ortho intramolecular Hbond substituents is 1. The number of carbonyl (C=O) groups excluding carboxylic acids is 1. The summed E-state index contributed by atoms with van der Waals surface area (Å²) in [5.41, 5.74) is 7.36. The number of hydrogen-bond donors (Lipinski definition) is 2. The van der Waals surface area contributed by atoms with Gasteiger partial charge in [-0.15, -0.1) is 0 Å². The van der Waals surface area contributed by atoms with Crippen molar-refractivity contribution in [2.45, 2.75) is 64.2 Å². The highest BCUT2D eigenvalue weighted by molar-refractivity contribution is 5.92. The summed E-state index contributed by atoms with van der Waals surface area (Å²) in [5, 5.41) is 13.2. The summed E-state index contributed by atoms with van der Waals surface area (Å²) in [4.78, 5) is 23.7. The second-order valence-corrected chi connectivity index (χ2v) is 12.1. The lowest BCUT2D eigenvalue weighted by Crippen LogP contribution is -2.33. The van der Waals surface area contributed by atoms with Gasteiger partial charge in [-0.2, -0.15) is 0 Å². The number of fused-ring (bicyclic) bond motifs is 6. The van der Waals surface area contributed by atoms with Crippen molar-refractivity contribution in [2.24, 2.45) is 17.3 Å². The normalized spacial score (nSPS) is 26.2. The quantitative estimate of drug-likeness (QED) is 0.421. The van der Waals surface area contributed by atoms with E-state index in [4.69, 9.17) is 9.97 Å². The number of carbonyl (C=O) groups is 1. The number of aryl methyl sites for hydroxylation is 2. The summed E-state index contributed by atoms with van der Waals surface area (Å²) in [7, 11) is 0. The summed E-state index contributed by atoms with van der Waals surface area (Å²) in [6.07, 6.45) is 27.3. The van der Waals surface area contributed by atoms with E-state index < -0.39 is 0 Å². The number of aromatic hydroxyl groups is 1. The number of aromatic nitrogens is 2. The first kappa shape index (κ1) is 24.3. The predicted molar refractivity (Wildman–Crippen MR) is 154 cm³/mol. The molecule has 2 bridgehead atoms. The van der Waals surface area contributed by atoms with Gasteiger partial charge in [0, 0.05) is 11.5 Å². The topological polar surface area (TPSA) is 75.1 Å². The summed E-state index contributed by atoms with van der Waals surface area (Å²) >= 11 is 0. The number of nitrogens with zero attached hydrogens (tertiary/aromatic N) is 2. The molecule has 2 N–H and O–H groups in total. The summed E-state index contributed by atoms with van der Waals surface area (Å²) in [6, 6.07) is 5.54. The van der Waals surface area contributed by atoms with E-state index in [2.05, 4.69) is 53.9 Å². The van der Waals surface area contributed by atoms with Gasteiger partial charge in [-0.05, 0) is 97.6 Å². The van der Waals surface area contributed by atoms with E-state index in [1.54, 1.807) is 6.07 Å². The zero-order chi connectivity index (χ0) is 26.4. The zero-order valence-electron chi connectivity index (χ0n) is 22.3. The maximum atomic E-state index is 13.4. The van der Waals surface area contributed by atoms with Gasteiger partial charge in [-0.25, -0.2) is 9.97 Å². The molecule has 0 spiro atoms. The number of phenols is 1. The van der Waals surface area contributed by atoms with Crippen LogP contribution in [0.1, 0.15) is 61.9 Å². The van der Waals surface area contributed by atoms with Crippen molar-refractivity contribution < 1.29 is 9.90 Å². The van der Waals surface area contributed by atoms with Crippen molar-refractivity contribution in [1.82, 2.24) is 9.97 Å². The van der Waals surface area contributed by atoms with Crippen LogP contribution < -0.4 is 5.32 Å². The van der Waals surface area contributed by atoms with Gasteiger partial charge < -0.3 is 10.4 Å². The van der Waals surface area contributed by atoms with Gasteiger partial charge in [0.05, 0.1) is 23.5 Å². The average Bonchev–Trinajstić information content (AvgIpc) is 2.93. The third-order valence-electron chi connectivity index (χ3n) is 9.25. The Kier molecular flexibility index (Phi) is 6.10. The molecule has 0 saturated heterocycles. The van der Waals surface area contributed by atoms with Crippen LogP contribution in [0, 0.1) is 17.3 Å². The van der Waals surface area contributed by atoms with Gasteiger partial charge in [0.2, 0.25) is 5.91 Å². The zero-order valence-corrected chi connectivity index (χ0v) is 22.3. The maximum absolute atomic E-state index is 13.4. The molecule has 5 aliphatic carbocycles. The van der Waals surface area contributed by atoms with Crippen LogP contribution in [0.4, 0.5) is 5.82 Å². The van der Waals surface area contributed by atoms with Crippen molar-refractivity contribution in [3.8, 4) is 17.0 Å². The van der Waals surface area contributed by atoms with Crippen LogP contribution in [-0.4, -0.2) is 21.0 Å². The van der Waals surface area contributed by atoms with E-state index in [0.717, 1.165) is 65.9 Å². The lowest BCUT2D eigenvalue weighted by atomic mass is 9.63. The molecule has 0 radical (unpaired) electrons. The molecule has 3 atom stereocenters. The second-order valence-electron chi connectivity index (χ2n) is 12.1. The number of benzene rings is 1. The van der Waals surface area contributed by atoms with Crippen LogP contribution in [0.2, 0.25) is 0 Å². The number of rotatable bonds is 5. The number of amides is 1. The van der Waals surface area contributed by atoms with Crippen LogP contribution in [-0.2, 0) is 24.1 Å². The third-order valence-corrected chi connectivity index (χ3v) is 9.25. The first-order valence-electron chi connectivity index (χ1n) is 14.5. The second kappa shape index (κ2) is 9.78. The number of nitrogens with one attached hydrogen (secondary N) is 1. The highest BCUT2D eigenvalue weighted by atomic mass is 16.3. The molecular weight excluding hydrogens is 482 g/mol. The fourth-order valence-electron chi connectivity index (χ4n) is 7.32. The van der Waals surface area contributed by atoms with Crippen LogP contribution in [0.5, 0.6) is 5.75 Å². The van der Waals surface area contributed by atoms with E-state index in [1.807, 2.05) is 12.1 Å².